The third-order valence-corrected chi connectivity index (χ3v) is 3.34. The van der Waals surface area contributed by atoms with Gasteiger partial charge in [-0.15, -0.1) is 11.3 Å². The molecule has 0 saturated heterocycles. The van der Waals surface area contributed by atoms with Crippen LogP contribution in [0.25, 0.3) is 0 Å². The molecule has 0 aliphatic heterocycles. The maximum Gasteiger partial charge on any atom is 0.128 e. The van der Waals surface area contributed by atoms with Crippen LogP contribution < -0.4 is 11.3 Å². The fourth-order valence-electron chi connectivity index (χ4n) is 1.57. The van der Waals surface area contributed by atoms with Crippen LogP contribution in [0.1, 0.15) is 21.5 Å². The van der Waals surface area contributed by atoms with E-state index in [1.165, 1.54) is 11.3 Å². The molecule has 0 radical (unpaired) electrons. The van der Waals surface area contributed by atoms with E-state index in [0.29, 0.717) is 0 Å². The van der Waals surface area contributed by atoms with Crippen molar-refractivity contribution in [2.24, 2.45) is 5.84 Å². The van der Waals surface area contributed by atoms with Gasteiger partial charge in [-0.05, 0) is 25.1 Å². The van der Waals surface area contributed by atoms with Gasteiger partial charge in [0.15, 0.2) is 0 Å². The maximum atomic E-state index is 13.6. The number of rotatable bonds is 3. The van der Waals surface area contributed by atoms with Crippen molar-refractivity contribution in [1.82, 2.24) is 10.4 Å². The van der Waals surface area contributed by atoms with E-state index in [4.69, 9.17) is 5.84 Å². The van der Waals surface area contributed by atoms with Gasteiger partial charge in [-0.1, -0.05) is 0 Å². The Bertz CT molecular complexity index is 527. The summed E-state index contributed by atoms with van der Waals surface area (Å²) in [6, 6.07) is 2.71. The minimum Gasteiger partial charge on any atom is -0.271 e. The molecule has 1 atom stereocenters. The Kier molecular flexibility index (Phi) is 3.46. The van der Waals surface area contributed by atoms with E-state index in [-0.39, 0.29) is 5.56 Å². The lowest BCUT2D eigenvalue weighted by Gasteiger charge is -2.15. The summed E-state index contributed by atoms with van der Waals surface area (Å²) in [6.07, 6.45) is 1.61. The number of aromatic nitrogens is 1. The molecule has 0 amide bonds. The van der Waals surface area contributed by atoms with Crippen molar-refractivity contribution in [1.29, 1.82) is 0 Å². The molecule has 0 aliphatic rings. The molecule has 90 valence electrons. The summed E-state index contributed by atoms with van der Waals surface area (Å²) in [5.41, 5.74) is 2.66. The Labute approximate surface area is 101 Å². The molecule has 0 bridgehead atoms. The number of nitrogens with zero attached hydrogens (tertiary/aromatic N) is 1. The predicted molar refractivity (Wildman–Crippen MR) is 62.4 cm³/mol. The van der Waals surface area contributed by atoms with E-state index in [9.17, 15) is 8.78 Å². The van der Waals surface area contributed by atoms with Gasteiger partial charge in [0.2, 0.25) is 0 Å². The summed E-state index contributed by atoms with van der Waals surface area (Å²) in [6.45, 7) is 1.84. The van der Waals surface area contributed by atoms with Gasteiger partial charge in [-0.3, -0.25) is 5.84 Å². The summed E-state index contributed by atoms with van der Waals surface area (Å²) in [5.74, 6) is 4.41. The predicted octanol–water partition coefficient (Wildman–Crippen LogP) is 2.28. The van der Waals surface area contributed by atoms with Crippen LogP contribution >= 0.6 is 11.3 Å². The monoisotopic (exact) mass is 255 g/mol. The minimum absolute atomic E-state index is 0.177. The molecular weight excluding hydrogens is 244 g/mol. The van der Waals surface area contributed by atoms with Crippen LogP contribution in [0.5, 0.6) is 0 Å². The van der Waals surface area contributed by atoms with E-state index in [1.54, 1.807) is 6.20 Å². The van der Waals surface area contributed by atoms with Crippen molar-refractivity contribution in [3.8, 4) is 0 Å². The van der Waals surface area contributed by atoms with E-state index in [2.05, 4.69) is 10.4 Å². The Morgan fingerprint density at radius 1 is 1.41 bits per heavy atom. The maximum absolute atomic E-state index is 13.6. The molecule has 2 aromatic rings. The third-order valence-electron chi connectivity index (χ3n) is 2.36. The van der Waals surface area contributed by atoms with Crippen LogP contribution in [0.15, 0.2) is 24.4 Å². The van der Waals surface area contributed by atoms with Gasteiger partial charge in [-0.2, -0.15) is 0 Å². The van der Waals surface area contributed by atoms with Crippen molar-refractivity contribution in [3.05, 3.63) is 51.5 Å². The smallest absolute Gasteiger partial charge is 0.128 e. The van der Waals surface area contributed by atoms with Crippen molar-refractivity contribution in [3.63, 3.8) is 0 Å². The second-order valence-electron chi connectivity index (χ2n) is 3.55. The SMILES string of the molecule is Cc1ncc(C(NN)c2cc(F)ccc2F)s1. The fourth-order valence-corrected chi connectivity index (χ4v) is 2.44. The largest absolute Gasteiger partial charge is 0.271 e. The molecule has 1 unspecified atom stereocenters. The topological polar surface area (TPSA) is 50.9 Å². The van der Waals surface area contributed by atoms with Gasteiger partial charge in [0, 0.05) is 16.6 Å². The molecule has 3 N–H and O–H groups in total. The van der Waals surface area contributed by atoms with Gasteiger partial charge >= 0.3 is 0 Å². The molecule has 6 heteroatoms. The van der Waals surface area contributed by atoms with Crippen LogP contribution in [-0.4, -0.2) is 4.98 Å². The van der Waals surface area contributed by atoms with Crippen LogP contribution in [0, 0.1) is 18.6 Å². The van der Waals surface area contributed by atoms with Crippen molar-refractivity contribution < 1.29 is 8.78 Å². The highest BCUT2D eigenvalue weighted by Gasteiger charge is 2.19. The van der Waals surface area contributed by atoms with Crippen molar-refractivity contribution >= 4 is 11.3 Å². The lowest BCUT2D eigenvalue weighted by atomic mass is 10.1. The zero-order valence-corrected chi connectivity index (χ0v) is 9.89. The number of halogens is 2. The van der Waals surface area contributed by atoms with Gasteiger partial charge in [0.25, 0.3) is 0 Å². The lowest BCUT2D eigenvalue weighted by Crippen LogP contribution is -2.29. The molecule has 2 rings (SSSR count). The van der Waals surface area contributed by atoms with E-state index < -0.39 is 17.7 Å². The number of aryl methyl sites for hydroxylation is 1. The van der Waals surface area contributed by atoms with Crippen LogP contribution in [0.2, 0.25) is 0 Å². The second-order valence-corrected chi connectivity index (χ2v) is 4.81. The molecule has 1 aromatic carbocycles. The highest BCUT2D eigenvalue weighted by Crippen LogP contribution is 2.28. The fraction of sp³-hybridized carbons (Fsp3) is 0.182. The molecule has 1 aromatic heterocycles. The average molecular weight is 255 g/mol. The number of thiazole rings is 1. The normalized spacial score (nSPS) is 12.7. The average Bonchev–Trinajstić information content (AvgIpc) is 2.71. The first-order valence-corrected chi connectivity index (χ1v) is 5.77. The number of nitrogens with one attached hydrogen (secondary N) is 1. The molecule has 0 spiro atoms. The van der Waals surface area contributed by atoms with Crippen molar-refractivity contribution in [2.45, 2.75) is 13.0 Å². The molecule has 0 fully saturated rings. The first kappa shape index (κ1) is 12.1. The molecule has 17 heavy (non-hydrogen) atoms. The van der Waals surface area contributed by atoms with Crippen LogP contribution in [-0.2, 0) is 0 Å². The van der Waals surface area contributed by atoms with Crippen LogP contribution in [0.4, 0.5) is 8.78 Å². The summed E-state index contributed by atoms with van der Waals surface area (Å²) >= 11 is 1.39. The van der Waals surface area contributed by atoms with Crippen molar-refractivity contribution in [2.75, 3.05) is 0 Å². The zero-order chi connectivity index (χ0) is 12.4. The minimum atomic E-state index is -0.586. The van der Waals surface area contributed by atoms with Crippen LogP contribution in [0.3, 0.4) is 0 Å². The molecule has 1 heterocycles. The Balaban J connectivity index is 2.45. The van der Waals surface area contributed by atoms with E-state index in [0.717, 1.165) is 28.1 Å². The number of benzene rings is 1. The standard InChI is InChI=1S/C11H11F2N3S/c1-6-15-5-10(17-6)11(16-14)8-4-7(12)2-3-9(8)13/h2-5,11,16H,14H2,1H3. The molecular formula is C11H11F2N3S. The Morgan fingerprint density at radius 2 is 2.18 bits per heavy atom. The first-order valence-electron chi connectivity index (χ1n) is 4.95. The Hall–Kier alpha value is -1.37. The lowest BCUT2D eigenvalue weighted by molar-refractivity contribution is 0.548. The molecule has 0 saturated carbocycles. The summed E-state index contributed by atoms with van der Waals surface area (Å²) in [5, 5.41) is 0.845. The Morgan fingerprint density at radius 3 is 2.76 bits per heavy atom. The highest BCUT2D eigenvalue weighted by atomic mass is 32.1. The molecule has 3 nitrogen and oxygen atoms in total. The zero-order valence-electron chi connectivity index (χ0n) is 9.08. The van der Waals surface area contributed by atoms with E-state index >= 15 is 0 Å². The second kappa shape index (κ2) is 4.87. The van der Waals surface area contributed by atoms with Gasteiger partial charge in [0.1, 0.15) is 11.6 Å². The number of nitrogens with two attached hydrogens (primary N) is 1. The van der Waals surface area contributed by atoms with Gasteiger partial charge in [-0.25, -0.2) is 19.2 Å². The number of hydrazine groups is 1. The summed E-state index contributed by atoms with van der Waals surface area (Å²) in [7, 11) is 0. The van der Waals surface area contributed by atoms with Gasteiger partial charge in [0.05, 0.1) is 11.0 Å². The number of hydrogen-bond acceptors (Lipinski definition) is 4. The third kappa shape index (κ3) is 2.49. The number of hydrogen-bond donors (Lipinski definition) is 2. The van der Waals surface area contributed by atoms with Gasteiger partial charge < -0.3 is 0 Å². The highest BCUT2D eigenvalue weighted by molar-refractivity contribution is 7.11. The first-order chi connectivity index (χ1) is 8.11. The summed E-state index contributed by atoms with van der Waals surface area (Å²) < 4.78 is 26.7. The summed E-state index contributed by atoms with van der Waals surface area (Å²) in [4.78, 5) is 4.81. The van der Waals surface area contributed by atoms with E-state index in [1.807, 2.05) is 6.92 Å². The quantitative estimate of drug-likeness (QED) is 0.653. The molecule has 0 aliphatic carbocycles.